The van der Waals surface area contributed by atoms with Gasteiger partial charge < -0.3 is 16.0 Å². The van der Waals surface area contributed by atoms with E-state index in [2.05, 4.69) is 26.1 Å². The van der Waals surface area contributed by atoms with E-state index in [4.69, 9.17) is 0 Å². The Labute approximate surface area is 122 Å². The van der Waals surface area contributed by atoms with E-state index in [0.717, 1.165) is 13.0 Å². The van der Waals surface area contributed by atoms with Crippen molar-refractivity contribution in [3.8, 4) is 0 Å². The molecular formula is C12H21N5O2S. The minimum Gasteiger partial charge on any atom is -0.360 e. The van der Waals surface area contributed by atoms with Crippen LogP contribution in [0.15, 0.2) is 0 Å². The molecule has 0 aliphatic heterocycles. The van der Waals surface area contributed by atoms with Gasteiger partial charge in [-0.1, -0.05) is 32.1 Å². The number of rotatable bonds is 8. The third kappa shape index (κ3) is 5.96. The molecule has 20 heavy (non-hydrogen) atoms. The Hall–Kier alpha value is -1.70. The monoisotopic (exact) mass is 299 g/mol. The highest BCUT2D eigenvalue weighted by Crippen LogP contribution is 2.14. The SMILES string of the molecule is CCCNc1nnc(C(=O)NCC(=O)NCC(C)C)s1. The summed E-state index contributed by atoms with van der Waals surface area (Å²) >= 11 is 1.17. The van der Waals surface area contributed by atoms with Gasteiger partial charge in [-0.15, -0.1) is 10.2 Å². The molecule has 0 spiro atoms. The lowest BCUT2D eigenvalue weighted by Crippen LogP contribution is -2.38. The number of carbonyl (C=O) groups excluding carboxylic acids is 2. The van der Waals surface area contributed by atoms with Crippen LogP contribution in [0.3, 0.4) is 0 Å². The predicted octanol–water partition coefficient (Wildman–Crippen LogP) is 0.862. The molecule has 0 fully saturated rings. The van der Waals surface area contributed by atoms with E-state index in [1.165, 1.54) is 11.3 Å². The van der Waals surface area contributed by atoms with E-state index >= 15 is 0 Å². The van der Waals surface area contributed by atoms with Crippen LogP contribution >= 0.6 is 11.3 Å². The van der Waals surface area contributed by atoms with Crippen molar-refractivity contribution in [1.29, 1.82) is 0 Å². The molecule has 0 saturated carbocycles. The van der Waals surface area contributed by atoms with Crippen molar-refractivity contribution < 1.29 is 9.59 Å². The van der Waals surface area contributed by atoms with Gasteiger partial charge in [-0.05, 0) is 12.3 Å². The van der Waals surface area contributed by atoms with E-state index in [0.29, 0.717) is 17.6 Å². The molecule has 2 amide bonds. The highest BCUT2D eigenvalue weighted by atomic mass is 32.1. The van der Waals surface area contributed by atoms with Crippen molar-refractivity contribution in [3.63, 3.8) is 0 Å². The highest BCUT2D eigenvalue weighted by molar-refractivity contribution is 7.17. The zero-order chi connectivity index (χ0) is 15.0. The smallest absolute Gasteiger partial charge is 0.282 e. The maximum absolute atomic E-state index is 11.8. The molecule has 7 nitrogen and oxygen atoms in total. The first-order valence-corrected chi connectivity index (χ1v) is 7.46. The summed E-state index contributed by atoms with van der Waals surface area (Å²) in [7, 11) is 0. The average molecular weight is 299 g/mol. The number of nitrogens with zero attached hydrogens (tertiary/aromatic N) is 2. The molecule has 0 radical (unpaired) electrons. The first kappa shape index (κ1) is 16.4. The lowest BCUT2D eigenvalue weighted by Gasteiger charge is -2.07. The second-order valence-corrected chi connectivity index (χ2v) is 5.70. The van der Waals surface area contributed by atoms with Crippen molar-refractivity contribution in [2.24, 2.45) is 5.92 Å². The molecular weight excluding hydrogens is 278 g/mol. The van der Waals surface area contributed by atoms with E-state index < -0.39 is 0 Å². The predicted molar refractivity (Wildman–Crippen MR) is 78.9 cm³/mol. The molecule has 0 aliphatic rings. The van der Waals surface area contributed by atoms with Crippen LogP contribution < -0.4 is 16.0 Å². The lowest BCUT2D eigenvalue weighted by atomic mass is 10.2. The first-order chi connectivity index (χ1) is 9.52. The Balaban J connectivity index is 2.35. The van der Waals surface area contributed by atoms with Crippen molar-refractivity contribution in [2.45, 2.75) is 27.2 Å². The van der Waals surface area contributed by atoms with Crippen LogP contribution in [0.4, 0.5) is 5.13 Å². The average Bonchev–Trinajstić information content (AvgIpc) is 2.89. The molecule has 1 aromatic heterocycles. The molecule has 1 rings (SSSR count). The van der Waals surface area contributed by atoms with Crippen molar-refractivity contribution in [3.05, 3.63) is 5.01 Å². The molecule has 8 heteroatoms. The number of carbonyl (C=O) groups is 2. The van der Waals surface area contributed by atoms with E-state index in [9.17, 15) is 9.59 Å². The van der Waals surface area contributed by atoms with E-state index in [-0.39, 0.29) is 23.4 Å². The van der Waals surface area contributed by atoms with Gasteiger partial charge in [0.2, 0.25) is 16.0 Å². The number of amides is 2. The Morgan fingerprint density at radius 3 is 2.65 bits per heavy atom. The Morgan fingerprint density at radius 2 is 2.00 bits per heavy atom. The van der Waals surface area contributed by atoms with Crippen LogP contribution in [0.5, 0.6) is 0 Å². The second kappa shape index (κ2) is 8.47. The largest absolute Gasteiger partial charge is 0.360 e. The van der Waals surface area contributed by atoms with Gasteiger partial charge in [-0.3, -0.25) is 9.59 Å². The molecule has 112 valence electrons. The number of aromatic nitrogens is 2. The molecule has 0 bridgehead atoms. The van der Waals surface area contributed by atoms with Crippen LogP contribution in [0.25, 0.3) is 0 Å². The minimum atomic E-state index is -0.383. The summed E-state index contributed by atoms with van der Waals surface area (Å²) in [6.45, 7) is 7.38. The number of hydrogen-bond acceptors (Lipinski definition) is 6. The zero-order valence-corrected chi connectivity index (χ0v) is 12.8. The number of nitrogens with one attached hydrogen (secondary N) is 3. The fourth-order valence-corrected chi connectivity index (χ4v) is 1.92. The highest BCUT2D eigenvalue weighted by Gasteiger charge is 2.13. The van der Waals surface area contributed by atoms with Crippen molar-refractivity contribution in [1.82, 2.24) is 20.8 Å². The van der Waals surface area contributed by atoms with Crippen molar-refractivity contribution >= 4 is 28.3 Å². The van der Waals surface area contributed by atoms with Crippen LogP contribution in [-0.4, -0.2) is 41.6 Å². The number of hydrogen-bond donors (Lipinski definition) is 3. The third-order valence-corrected chi connectivity index (χ3v) is 3.14. The summed E-state index contributed by atoms with van der Waals surface area (Å²) in [4.78, 5) is 23.2. The van der Waals surface area contributed by atoms with Crippen LogP contribution in [-0.2, 0) is 4.79 Å². The molecule has 3 N–H and O–H groups in total. The summed E-state index contributed by atoms with van der Waals surface area (Å²) < 4.78 is 0. The quantitative estimate of drug-likeness (QED) is 0.661. The van der Waals surface area contributed by atoms with Gasteiger partial charge in [-0.2, -0.15) is 0 Å². The van der Waals surface area contributed by atoms with Crippen LogP contribution in [0.1, 0.15) is 37.0 Å². The second-order valence-electron chi connectivity index (χ2n) is 4.72. The Kier molecular flexibility index (Phi) is 6.92. The van der Waals surface area contributed by atoms with Gasteiger partial charge in [0, 0.05) is 13.1 Å². The topological polar surface area (TPSA) is 96.0 Å². The van der Waals surface area contributed by atoms with Gasteiger partial charge >= 0.3 is 0 Å². The third-order valence-electron chi connectivity index (χ3n) is 2.26. The van der Waals surface area contributed by atoms with E-state index in [1.807, 2.05) is 20.8 Å². The minimum absolute atomic E-state index is 0.0527. The van der Waals surface area contributed by atoms with Crippen molar-refractivity contribution in [2.75, 3.05) is 25.0 Å². The molecule has 1 heterocycles. The lowest BCUT2D eigenvalue weighted by molar-refractivity contribution is -0.120. The summed E-state index contributed by atoms with van der Waals surface area (Å²) in [6.07, 6.45) is 0.969. The summed E-state index contributed by atoms with van der Waals surface area (Å²) in [5, 5.41) is 16.8. The number of anilines is 1. The molecule has 1 aromatic rings. The summed E-state index contributed by atoms with van der Waals surface area (Å²) in [5.74, 6) is -0.211. The van der Waals surface area contributed by atoms with Gasteiger partial charge in [0.05, 0.1) is 6.54 Å². The maximum Gasteiger partial charge on any atom is 0.282 e. The normalized spacial score (nSPS) is 10.4. The molecule has 0 saturated heterocycles. The van der Waals surface area contributed by atoms with Gasteiger partial charge in [0.25, 0.3) is 5.91 Å². The Bertz CT molecular complexity index is 447. The molecule has 0 aliphatic carbocycles. The Morgan fingerprint density at radius 1 is 1.25 bits per heavy atom. The van der Waals surface area contributed by atoms with Gasteiger partial charge in [0.1, 0.15) is 0 Å². The van der Waals surface area contributed by atoms with Crippen LogP contribution in [0.2, 0.25) is 0 Å². The standard InChI is InChI=1S/C12H21N5O2S/c1-4-5-13-12-17-16-11(20-12)10(19)15-7-9(18)14-6-8(2)3/h8H,4-7H2,1-3H3,(H,13,17)(H,14,18)(H,15,19). The molecule has 0 aromatic carbocycles. The maximum atomic E-state index is 11.8. The molecule has 0 atom stereocenters. The first-order valence-electron chi connectivity index (χ1n) is 6.65. The van der Waals surface area contributed by atoms with E-state index in [1.54, 1.807) is 0 Å². The van der Waals surface area contributed by atoms with Gasteiger partial charge in [0.15, 0.2) is 0 Å². The van der Waals surface area contributed by atoms with Gasteiger partial charge in [-0.25, -0.2) is 0 Å². The zero-order valence-electron chi connectivity index (χ0n) is 12.0. The summed E-state index contributed by atoms with van der Waals surface area (Å²) in [6, 6.07) is 0. The van der Waals surface area contributed by atoms with Crippen LogP contribution in [0, 0.1) is 5.92 Å². The fraction of sp³-hybridized carbons (Fsp3) is 0.667. The molecule has 0 unspecified atom stereocenters. The summed E-state index contributed by atoms with van der Waals surface area (Å²) in [5.41, 5.74) is 0. The fourth-order valence-electron chi connectivity index (χ4n) is 1.23.